The lowest BCUT2D eigenvalue weighted by Crippen LogP contribution is -2.26. The van der Waals surface area contributed by atoms with Gasteiger partial charge in [0.25, 0.3) is 0 Å². The maximum Gasteiger partial charge on any atom is 0.234 e. The molecule has 2 aliphatic rings. The molecule has 1 aliphatic carbocycles. The van der Waals surface area contributed by atoms with Crippen molar-refractivity contribution >= 4 is 22.9 Å². The standard InChI is InChI=1S/C16H20N2O/c1-16(2)13-9-11(17)8-12(14(13)18-15(16)19)10-6-4-3-5-7-10/h6,8-9H,3-5,7,17H2,1-2H3,(H,18,19). The van der Waals surface area contributed by atoms with E-state index in [0.29, 0.717) is 0 Å². The molecule has 0 spiro atoms. The monoisotopic (exact) mass is 256 g/mol. The van der Waals surface area contributed by atoms with E-state index < -0.39 is 5.41 Å². The summed E-state index contributed by atoms with van der Waals surface area (Å²) in [6, 6.07) is 3.93. The molecule has 3 heteroatoms. The summed E-state index contributed by atoms with van der Waals surface area (Å²) in [7, 11) is 0. The van der Waals surface area contributed by atoms with Crippen molar-refractivity contribution in [3.63, 3.8) is 0 Å². The molecule has 1 aliphatic heterocycles. The van der Waals surface area contributed by atoms with E-state index in [9.17, 15) is 4.79 Å². The number of nitrogens with one attached hydrogen (secondary N) is 1. The Morgan fingerprint density at radius 2 is 2.05 bits per heavy atom. The van der Waals surface area contributed by atoms with E-state index in [-0.39, 0.29) is 5.91 Å². The highest BCUT2D eigenvalue weighted by Gasteiger charge is 2.40. The molecule has 0 fully saturated rings. The van der Waals surface area contributed by atoms with E-state index in [0.717, 1.165) is 35.3 Å². The number of amides is 1. The molecule has 3 nitrogen and oxygen atoms in total. The number of carbonyl (C=O) groups is 1. The molecule has 1 aromatic rings. The third kappa shape index (κ3) is 1.84. The minimum absolute atomic E-state index is 0.0609. The Bertz CT molecular complexity index is 585. The van der Waals surface area contributed by atoms with Gasteiger partial charge in [-0.2, -0.15) is 0 Å². The third-order valence-electron chi connectivity index (χ3n) is 4.28. The van der Waals surface area contributed by atoms with Crippen LogP contribution >= 0.6 is 0 Å². The average Bonchev–Trinajstić information content (AvgIpc) is 2.62. The zero-order valence-electron chi connectivity index (χ0n) is 11.5. The maximum absolute atomic E-state index is 12.1. The topological polar surface area (TPSA) is 55.1 Å². The first kappa shape index (κ1) is 12.3. The summed E-state index contributed by atoms with van der Waals surface area (Å²) < 4.78 is 0. The van der Waals surface area contributed by atoms with Crippen molar-refractivity contribution in [3.05, 3.63) is 29.3 Å². The summed E-state index contributed by atoms with van der Waals surface area (Å²) in [6.45, 7) is 3.90. The fraction of sp³-hybridized carbons (Fsp3) is 0.438. The molecule has 0 unspecified atom stereocenters. The SMILES string of the molecule is CC1(C)C(=O)Nc2c(C3=CCCCC3)cc(N)cc21. The van der Waals surface area contributed by atoms with Crippen LogP contribution in [0.25, 0.3) is 5.57 Å². The highest BCUT2D eigenvalue weighted by Crippen LogP contribution is 2.44. The number of hydrogen-bond acceptors (Lipinski definition) is 2. The molecule has 1 aromatic carbocycles. The molecule has 0 atom stereocenters. The fourth-order valence-corrected chi connectivity index (χ4v) is 3.02. The van der Waals surface area contributed by atoms with Crippen LogP contribution < -0.4 is 11.1 Å². The Kier molecular flexibility index (Phi) is 2.66. The first-order valence-electron chi connectivity index (χ1n) is 6.95. The van der Waals surface area contributed by atoms with Crippen molar-refractivity contribution in [1.82, 2.24) is 0 Å². The molecular formula is C16H20N2O. The fourth-order valence-electron chi connectivity index (χ4n) is 3.02. The number of anilines is 2. The number of benzene rings is 1. The number of rotatable bonds is 1. The zero-order valence-corrected chi connectivity index (χ0v) is 11.5. The highest BCUT2D eigenvalue weighted by atomic mass is 16.2. The number of fused-ring (bicyclic) bond motifs is 1. The van der Waals surface area contributed by atoms with Crippen molar-refractivity contribution < 1.29 is 4.79 Å². The van der Waals surface area contributed by atoms with E-state index in [1.807, 2.05) is 26.0 Å². The van der Waals surface area contributed by atoms with Gasteiger partial charge in [0.05, 0.1) is 11.1 Å². The number of hydrogen-bond donors (Lipinski definition) is 2. The zero-order chi connectivity index (χ0) is 13.6. The molecule has 3 rings (SSSR count). The van der Waals surface area contributed by atoms with E-state index in [1.54, 1.807) is 0 Å². The molecule has 3 N–H and O–H groups in total. The van der Waals surface area contributed by atoms with Crippen LogP contribution in [0.3, 0.4) is 0 Å². The lowest BCUT2D eigenvalue weighted by Gasteiger charge is -2.19. The summed E-state index contributed by atoms with van der Waals surface area (Å²) in [5.41, 5.74) is 10.7. The largest absolute Gasteiger partial charge is 0.399 e. The van der Waals surface area contributed by atoms with Crippen LogP contribution in [-0.4, -0.2) is 5.91 Å². The van der Waals surface area contributed by atoms with Gasteiger partial charge in [-0.05, 0) is 62.8 Å². The van der Waals surface area contributed by atoms with Gasteiger partial charge in [-0.25, -0.2) is 0 Å². The Balaban J connectivity index is 2.18. The van der Waals surface area contributed by atoms with Crippen LogP contribution in [0, 0.1) is 0 Å². The molecule has 0 saturated carbocycles. The summed E-state index contributed by atoms with van der Waals surface area (Å²) in [5.74, 6) is 0.0609. The van der Waals surface area contributed by atoms with Crippen LogP contribution in [0.15, 0.2) is 18.2 Å². The average molecular weight is 256 g/mol. The van der Waals surface area contributed by atoms with Crippen molar-refractivity contribution in [2.75, 3.05) is 11.1 Å². The van der Waals surface area contributed by atoms with Gasteiger partial charge in [0, 0.05) is 11.3 Å². The normalized spacial score (nSPS) is 20.7. The summed E-state index contributed by atoms with van der Waals surface area (Å²) in [5, 5.41) is 3.05. The summed E-state index contributed by atoms with van der Waals surface area (Å²) in [6.07, 6.45) is 6.96. The smallest absolute Gasteiger partial charge is 0.234 e. The second-order valence-corrected chi connectivity index (χ2v) is 6.05. The van der Waals surface area contributed by atoms with Crippen LogP contribution in [0.1, 0.15) is 50.7 Å². The lowest BCUT2D eigenvalue weighted by molar-refractivity contribution is -0.119. The van der Waals surface area contributed by atoms with E-state index in [4.69, 9.17) is 5.73 Å². The van der Waals surface area contributed by atoms with Crippen LogP contribution in [-0.2, 0) is 10.2 Å². The highest BCUT2D eigenvalue weighted by molar-refractivity contribution is 6.08. The molecule has 1 amide bonds. The summed E-state index contributed by atoms with van der Waals surface area (Å²) in [4.78, 5) is 12.1. The molecule has 100 valence electrons. The quantitative estimate of drug-likeness (QED) is 0.756. The van der Waals surface area contributed by atoms with E-state index in [1.165, 1.54) is 18.4 Å². The predicted molar refractivity (Wildman–Crippen MR) is 79.0 cm³/mol. The van der Waals surface area contributed by atoms with Gasteiger partial charge >= 0.3 is 0 Å². The van der Waals surface area contributed by atoms with E-state index >= 15 is 0 Å². The molecule has 0 radical (unpaired) electrons. The van der Waals surface area contributed by atoms with Crippen molar-refractivity contribution in [2.45, 2.75) is 44.9 Å². The minimum atomic E-state index is -0.491. The van der Waals surface area contributed by atoms with Crippen molar-refractivity contribution in [2.24, 2.45) is 0 Å². The molecule has 0 bridgehead atoms. The summed E-state index contributed by atoms with van der Waals surface area (Å²) >= 11 is 0. The predicted octanol–water partition coefficient (Wildman–Crippen LogP) is 3.46. The lowest BCUT2D eigenvalue weighted by atomic mass is 9.83. The Labute approximate surface area is 113 Å². The van der Waals surface area contributed by atoms with Crippen molar-refractivity contribution in [1.29, 1.82) is 0 Å². The molecule has 1 heterocycles. The second kappa shape index (κ2) is 4.12. The van der Waals surface area contributed by atoms with Crippen LogP contribution in [0.5, 0.6) is 0 Å². The van der Waals surface area contributed by atoms with Gasteiger partial charge in [0.15, 0.2) is 0 Å². The molecular weight excluding hydrogens is 236 g/mol. The third-order valence-corrected chi connectivity index (χ3v) is 4.28. The number of nitrogens with two attached hydrogens (primary N) is 1. The Morgan fingerprint density at radius 3 is 2.74 bits per heavy atom. The second-order valence-electron chi connectivity index (χ2n) is 6.05. The number of carbonyl (C=O) groups excluding carboxylic acids is 1. The van der Waals surface area contributed by atoms with Crippen molar-refractivity contribution in [3.8, 4) is 0 Å². The van der Waals surface area contributed by atoms with Gasteiger partial charge in [0.1, 0.15) is 0 Å². The number of nitrogen functional groups attached to an aromatic ring is 1. The number of allylic oxidation sites excluding steroid dienone is 2. The van der Waals surface area contributed by atoms with Gasteiger partial charge in [-0.1, -0.05) is 6.08 Å². The Morgan fingerprint density at radius 1 is 1.26 bits per heavy atom. The maximum atomic E-state index is 12.1. The van der Waals surface area contributed by atoms with E-state index in [2.05, 4.69) is 11.4 Å². The minimum Gasteiger partial charge on any atom is -0.399 e. The van der Waals surface area contributed by atoms with Gasteiger partial charge < -0.3 is 11.1 Å². The van der Waals surface area contributed by atoms with Gasteiger partial charge in [-0.15, -0.1) is 0 Å². The first-order chi connectivity index (χ1) is 9.00. The van der Waals surface area contributed by atoms with Crippen LogP contribution in [0.2, 0.25) is 0 Å². The molecule has 19 heavy (non-hydrogen) atoms. The molecule has 0 saturated heterocycles. The molecule has 0 aromatic heterocycles. The van der Waals surface area contributed by atoms with Gasteiger partial charge in [-0.3, -0.25) is 4.79 Å². The first-order valence-corrected chi connectivity index (χ1v) is 6.95. The Hall–Kier alpha value is -1.77. The van der Waals surface area contributed by atoms with Crippen LogP contribution in [0.4, 0.5) is 11.4 Å². The van der Waals surface area contributed by atoms with Gasteiger partial charge in [0.2, 0.25) is 5.91 Å².